The standard InChI is InChI=1S/C20H27N3O2S/c1-2-3-4-5-6-7-8-12-15-18(24)22-23-19(25)16-26-20(23)21-17-13-10-9-11-14-17/h2,9-11,13-14H,1,3-8,12,15-16H2,(H,22,24). The third-order valence-corrected chi connectivity index (χ3v) is 4.97. The van der Waals surface area contributed by atoms with Gasteiger partial charge in [0.25, 0.3) is 5.91 Å². The molecule has 0 saturated carbocycles. The van der Waals surface area contributed by atoms with Crippen molar-refractivity contribution in [3.05, 3.63) is 43.0 Å². The van der Waals surface area contributed by atoms with E-state index in [4.69, 9.17) is 0 Å². The van der Waals surface area contributed by atoms with E-state index in [0.29, 0.717) is 17.3 Å². The highest BCUT2D eigenvalue weighted by molar-refractivity contribution is 8.15. The van der Waals surface area contributed by atoms with Crippen LogP contribution in [0.4, 0.5) is 5.69 Å². The number of carbonyl (C=O) groups is 2. The lowest BCUT2D eigenvalue weighted by molar-refractivity contribution is -0.134. The molecular weight excluding hydrogens is 346 g/mol. The van der Waals surface area contributed by atoms with E-state index in [1.165, 1.54) is 36.0 Å². The summed E-state index contributed by atoms with van der Waals surface area (Å²) in [6, 6.07) is 9.43. The van der Waals surface area contributed by atoms with E-state index in [1.54, 1.807) is 0 Å². The first-order valence-electron chi connectivity index (χ1n) is 9.20. The van der Waals surface area contributed by atoms with E-state index in [2.05, 4.69) is 17.0 Å². The van der Waals surface area contributed by atoms with Crippen LogP contribution >= 0.6 is 11.8 Å². The van der Waals surface area contributed by atoms with Crippen molar-refractivity contribution in [2.24, 2.45) is 4.99 Å². The van der Waals surface area contributed by atoms with Crippen molar-refractivity contribution in [2.75, 3.05) is 5.75 Å². The Bertz CT molecular complexity index is 631. The van der Waals surface area contributed by atoms with Crippen LogP contribution in [0.25, 0.3) is 0 Å². The van der Waals surface area contributed by atoms with Gasteiger partial charge in [0.2, 0.25) is 5.91 Å². The maximum atomic E-state index is 12.1. The van der Waals surface area contributed by atoms with Crippen LogP contribution in [0.5, 0.6) is 0 Å². The number of carbonyl (C=O) groups excluding carboxylic acids is 2. The van der Waals surface area contributed by atoms with Crippen molar-refractivity contribution in [1.29, 1.82) is 0 Å². The molecule has 1 saturated heterocycles. The minimum Gasteiger partial charge on any atom is -0.273 e. The number of aliphatic imine (C=N–C) groups is 1. The van der Waals surface area contributed by atoms with Gasteiger partial charge in [0.15, 0.2) is 5.17 Å². The quantitative estimate of drug-likeness (QED) is 0.456. The SMILES string of the molecule is C=CCCCCCCCCC(=O)NN1C(=O)CSC1=Nc1ccccc1. The highest BCUT2D eigenvalue weighted by Crippen LogP contribution is 2.22. The molecule has 0 spiro atoms. The molecule has 0 radical (unpaired) electrons. The maximum absolute atomic E-state index is 12.1. The van der Waals surface area contributed by atoms with Gasteiger partial charge in [0, 0.05) is 6.42 Å². The molecule has 0 aromatic heterocycles. The molecule has 1 heterocycles. The number of amides is 2. The Balaban J connectivity index is 1.72. The van der Waals surface area contributed by atoms with E-state index in [-0.39, 0.29) is 11.8 Å². The van der Waals surface area contributed by atoms with E-state index in [0.717, 1.165) is 31.4 Å². The van der Waals surface area contributed by atoms with Gasteiger partial charge in [-0.15, -0.1) is 6.58 Å². The van der Waals surface area contributed by atoms with Crippen LogP contribution < -0.4 is 5.43 Å². The van der Waals surface area contributed by atoms with Gasteiger partial charge in [-0.05, 0) is 31.4 Å². The highest BCUT2D eigenvalue weighted by atomic mass is 32.2. The Morgan fingerprint density at radius 2 is 1.85 bits per heavy atom. The van der Waals surface area contributed by atoms with Crippen LogP contribution in [0.2, 0.25) is 0 Å². The molecule has 1 fully saturated rings. The molecule has 1 N–H and O–H groups in total. The average Bonchev–Trinajstić information content (AvgIpc) is 2.98. The lowest BCUT2D eigenvalue weighted by Gasteiger charge is -2.17. The number of amidine groups is 1. The predicted molar refractivity (Wildman–Crippen MR) is 108 cm³/mol. The molecule has 1 aromatic carbocycles. The van der Waals surface area contributed by atoms with Crippen LogP contribution in [0.15, 0.2) is 48.0 Å². The van der Waals surface area contributed by atoms with Crippen LogP contribution in [0.1, 0.15) is 51.4 Å². The highest BCUT2D eigenvalue weighted by Gasteiger charge is 2.29. The van der Waals surface area contributed by atoms with Gasteiger partial charge < -0.3 is 0 Å². The van der Waals surface area contributed by atoms with Gasteiger partial charge in [-0.3, -0.25) is 15.0 Å². The van der Waals surface area contributed by atoms with Gasteiger partial charge in [-0.25, -0.2) is 4.99 Å². The lowest BCUT2D eigenvalue weighted by atomic mass is 10.1. The zero-order valence-electron chi connectivity index (χ0n) is 15.2. The molecule has 2 amide bonds. The fourth-order valence-electron chi connectivity index (χ4n) is 2.63. The Labute approximate surface area is 159 Å². The predicted octanol–water partition coefficient (Wildman–Crippen LogP) is 4.59. The molecular formula is C20H27N3O2S. The second-order valence-electron chi connectivity index (χ2n) is 6.23. The summed E-state index contributed by atoms with van der Waals surface area (Å²) in [5.41, 5.74) is 3.46. The van der Waals surface area contributed by atoms with Gasteiger partial charge in [-0.2, -0.15) is 5.01 Å². The van der Waals surface area contributed by atoms with E-state index in [9.17, 15) is 9.59 Å². The van der Waals surface area contributed by atoms with Crippen molar-refractivity contribution in [3.8, 4) is 0 Å². The number of hydrogen-bond donors (Lipinski definition) is 1. The number of benzene rings is 1. The van der Waals surface area contributed by atoms with Crippen molar-refractivity contribution in [3.63, 3.8) is 0 Å². The van der Waals surface area contributed by atoms with Gasteiger partial charge in [-0.1, -0.05) is 61.7 Å². The second kappa shape index (κ2) is 11.5. The van der Waals surface area contributed by atoms with Gasteiger partial charge >= 0.3 is 0 Å². The van der Waals surface area contributed by atoms with Crippen molar-refractivity contribution < 1.29 is 9.59 Å². The van der Waals surface area contributed by atoms with Crippen LogP contribution in [0, 0.1) is 0 Å². The number of unbranched alkanes of at least 4 members (excludes halogenated alkanes) is 6. The lowest BCUT2D eigenvalue weighted by Crippen LogP contribution is -2.45. The molecule has 0 unspecified atom stereocenters. The molecule has 1 aliphatic rings. The van der Waals surface area contributed by atoms with Gasteiger partial charge in [0.05, 0.1) is 11.4 Å². The third-order valence-electron chi connectivity index (χ3n) is 4.04. The first kappa shape index (κ1) is 20.2. The molecule has 0 aliphatic carbocycles. The number of para-hydroxylation sites is 1. The number of nitrogens with one attached hydrogen (secondary N) is 1. The van der Waals surface area contributed by atoms with Crippen LogP contribution in [0.3, 0.4) is 0 Å². The summed E-state index contributed by atoms with van der Waals surface area (Å²) in [6.45, 7) is 3.72. The fraction of sp³-hybridized carbons (Fsp3) is 0.450. The first-order valence-corrected chi connectivity index (χ1v) is 10.2. The molecule has 1 aliphatic heterocycles. The summed E-state index contributed by atoms with van der Waals surface area (Å²) in [5, 5.41) is 1.81. The van der Waals surface area contributed by atoms with Crippen LogP contribution in [-0.2, 0) is 9.59 Å². The summed E-state index contributed by atoms with van der Waals surface area (Å²) < 4.78 is 0. The molecule has 140 valence electrons. The first-order chi connectivity index (χ1) is 12.7. The number of hydrogen-bond acceptors (Lipinski definition) is 4. The summed E-state index contributed by atoms with van der Waals surface area (Å²) in [7, 11) is 0. The zero-order chi connectivity index (χ0) is 18.6. The molecule has 2 rings (SSSR count). The molecule has 6 heteroatoms. The topological polar surface area (TPSA) is 61.8 Å². The zero-order valence-corrected chi connectivity index (χ0v) is 16.0. The number of nitrogens with zero attached hydrogens (tertiary/aromatic N) is 2. The van der Waals surface area contributed by atoms with Crippen molar-refractivity contribution in [2.45, 2.75) is 51.4 Å². The second-order valence-corrected chi connectivity index (χ2v) is 7.17. The average molecular weight is 374 g/mol. The minimum absolute atomic E-state index is 0.131. The summed E-state index contributed by atoms with van der Waals surface area (Å²) in [5.74, 6) is 0.0323. The monoisotopic (exact) mass is 373 g/mol. The molecule has 0 atom stereocenters. The van der Waals surface area contributed by atoms with E-state index in [1.807, 2.05) is 36.4 Å². The van der Waals surface area contributed by atoms with Crippen molar-refractivity contribution in [1.82, 2.24) is 10.4 Å². The van der Waals surface area contributed by atoms with E-state index >= 15 is 0 Å². The molecule has 5 nitrogen and oxygen atoms in total. The fourth-order valence-corrected chi connectivity index (χ4v) is 3.46. The van der Waals surface area contributed by atoms with Crippen molar-refractivity contribution >= 4 is 34.4 Å². The molecule has 26 heavy (non-hydrogen) atoms. The Kier molecular flexibility index (Phi) is 8.96. The minimum atomic E-state index is -0.139. The third kappa shape index (κ3) is 7.04. The number of rotatable bonds is 11. The van der Waals surface area contributed by atoms with E-state index < -0.39 is 0 Å². The maximum Gasteiger partial charge on any atom is 0.258 e. The molecule has 0 bridgehead atoms. The Hall–Kier alpha value is -2.08. The normalized spacial score (nSPS) is 15.5. The largest absolute Gasteiger partial charge is 0.273 e. The number of thioether (sulfide) groups is 1. The molecule has 1 aromatic rings. The van der Waals surface area contributed by atoms with Gasteiger partial charge in [0.1, 0.15) is 0 Å². The summed E-state index contributed by atoms with van der Waals surface area (Å²) in [4.78, 5) is 28.6. The Morgan fingerprint density at radius 3 is 2.58 bits per heavy atom. The number of allylic oxidation sites excluding steroid dienone is 1. The Morgan fingerprint density at radius 1 is 1.15 bits per heavy atom. The smallest absolute Gasteiger partial charge is 0.258 e. The summed E-state index contributed by atoms with van der Waals surface area (Å²) >= 11 is 1.34. The number of hydrazine groups is 1. The van der Waals surface area contributed by atoms with Crippen LogP contribution in [-0.4, -0.2) is 27.7 Å². The summed E-state index contributed by atoms with van der Waals surface area (Å²) in [6.07, 6.45) is 10.1.